The van der Waals surface area contributed by atoms with Gasteiger partial charge in [-0.05, 0) is 0 Å². The fourth-order valence-electron chi connectivity index (χ4n) is 2.14. The van der Waals surface area contributed by atoms with Crippen LogP contribution >= 0.6 is 8.17 Å². The second-order valence-corrected chi connectivity index (χ2v) is 7.54. The molecular formula is C11H27BNO4P. The van der Waals surface area contributed by atoms with Crippen molar-refractivity contribution in [3.63, 3.8) is 0 Å². The van der Waals surface area contributed by atoms with Crippen molar-refractivity contribution in [1.82, 2.24) is 0 Å². The predicted molar refractivity (Wildman–Crippen MR) is 77.3 cm³/mol. The van der Waals surface area contributed by atoms with Gasteiger partial charge in [0, 0.05) is 0 Å². The molecule has 0 amide bonds. The fourth-order valence-corrected chi connectivity index (χ4v) is 3.14. The molecule has 3 N–H and O–H groups in total. The number of hydrogen-bond acceptors (Lipinski definition) is 5. The van der Waals surface area contributed by atoms with Crippen molar-refractivity contribution in [2.45, 2.75) is 50.6 Å². The Hall–Kier alpha value is 0.295. The molecule has 0 heterocycles. The average Bonchev–Trinajstić information content (AvgIpc) is 2.30. The molecule has 1 saturated carbocycles. The van der Waals surface area contributed by atoms with Crippen LogP contribution in [0.25, 0.3) is 0 Å². The summed E-state index contributed by atoms with van der Waals surface area (Å²) in [6.45, 7) is 2.06. The van der Waals surface area contributed by atoms with Crippen LogP contribution in [0.1, 0.15) is 32.6 Å². The van der Waals surface area contributed by atoms with Crippen LogP contribution in [-0.2, 0) is 13.6 Å². The van der Waals surface area contributed by atoms with Gasteiger partial charge in [0.05, 0.1) is 0 Å². The SMILES string of the molecule is BC(C)C(N)C(CC1CCC1)O[PH](O)(OC)OC. The van der Waals surface area contributed by atoms with E-state index in [0.717, 1.165) is 6.42 Å². The maximum absolute atomic E-state index is 10.1. The molecule has 0 aliphatic heterocycles. The van der Waals surface area contributed by atoms with Crippen LogP contribution in [0, 0.1) is 5.92 Å². The van der Waals surface area contributed by atoms with Gasteiger partial charge in [-0.25, -0.2) is 0 Å². The summed E-state index contributed by atoms with van der Waals surface area (Å²) in [7, 11) is 1.35. The molecule has 1 aliphatic carbocycles. The quantitative estimate of drug-likeness (QED) is 0.512. The van der Waals surface area contributed by atoms with Crippen LogP contribution in [-0.4, -0.2) is 39.1 Å². The Balaban J connectivity index is 2.63. The van der Waals surface area contributed by atoms with Gasteiger partial charge in [-0.15, -0.1) is 0 Å². The van der Waals surface area contributed by atoms with E-state index in [2.05, 4.69) is 14.8 Å². The molecule has 0 aromatic heterocycles. The summed E-state index contributed by atoms with van der Waals surface area (Å²) in [5.41, 5.74) is 6.18. The molecule has 1 aliphatic rings. The molecule has 0 saturated heterocycles. The van der Waals surface area contributed by atoms with Gasteiger partial charge in [-0.3, -0.25) is 0 Å². The minimum atomic E-state index is -3.50. The van der Waals surface area contributed by atoms with Crippen LogP contribution in [0.15, 0.2) is 0 Å². The molecule has 5 nitrogen and oxygen atoms in total. The minimum absolute atomic E-state index is 0.116. The van der Waals surface area contributed by atoms with Crippen molar-refractivity contribution in [1.29, 1.82) is 0 Å². The Labute approximate surface area is 111 Å². The first-order valence-electron chi connectivity index (χ1n) is 6.68. The summed E-state index contributed by atoms with van der Waals surface area (Å²) in [4.78, 5) is 10.1. The monoisotopic (exact) mass is 279 g/mol. The van der Waals surface area contributed by atoms with E-state index in [1.807, 2.05) is 0 Å². The first kappa shape index (κ1) is 16.3. The van der Waals surface area contributed by atoms with Crippen LogP contribution in [0.5, 0.6) is 0 Å². The third-order valence-electron chi connectivity index (χ3n) is 3.81. The molecule has 3 unspecified atom stereocenters. The van der Waals surface area contributed by atoms with Gasteiger partial charge in [-0.1, -0.05) is 0 Å². The standard InChI is InChI=1S/C11H27BNO4P/c1-8(12)11(13)10(7-9-5-4-6-9)17-18(14,15-2)16-3/h8-11,14,18H,4-7,12-13H2,1-3H3. The number of hydrogen-bond donors (Lipinski definition) is 2. The molecular weight excluding hydrogens is 252 g/mol. The van der Waals surface area contributed by atoms with Gasteiger partial charge in [0.25, 0.3) is 0 Å². The summed E-state index contributed by atoms with van der Waals surface area (Å²) in [5.74, 6) is 0.953. The van der Waals surface area contributed by atoms with Crippen LogP contribution < -0.4 is 5.73 Å². The van der Waals surface area contributed by atoms with Crippen molar-refractivity contribution in [2.24, 2.45) is 11.7 Å². The first-order chi connectivity index (χ1) is 8.41. The van der Waals surface area contributed by atoms with Gasteiger partial charge in [0.1, 0.15) is 0 Å². The fraction of sp³-hybridized carbons (Fsp3) is 1.00. The molecule has 3 atom stereocenters. The van der Waals surface area contributed by atoms with Gasteiger partial charge in [-0.2, -0.15) is 0 Å². The maximum atomic E-state index is 10.1. The molecule has 108 valence electrons. The van der Waals surface area contributed by atoms with Crippen molar-refractivity contribution in [3.8, 4) is 0 Å². The molecule has 0 bridgehead atoms. The summed E-state index contributed by atoms with van der Waals surface area (Å²) >= 11 is 0. The van der Waals surface area contributed by atoms with E-state index in [1.54, 1.807) is 0 Å². The Kier molecular flexibility index (Phi) is 6.52. The van der Waals surface area contributed by atoms with Crippen molar-refractivity contribution < 1.29 is 18.5 Å². The second kappa shape index (κ2) is 7.18. The Morgan fingerprint density at radius 2 is 1.94 bits per heavy atom. The zero-order valence-electron chi connectivity index (χ0n) is 11.9. The summed E-state index contributed by atoms with van der Waals surface area (Å²) in [6.07, 6.45) is 4.41. The molecule has 18 heavy (non-hydrogen) atoms. The van der Waals surface area contributed by atoms with Crippen molar-refractivity contribution >= 4 is 16.0 Å². The van der Waals surface area contributed by atoms with Crippen LogP contribution in [0.2, 0.25) is 5.82 Å². The van der Waals surface area contributed by atoms with E-state index in [0.29, 0.717) is 11.7 Å². The molecule has 0 spiro atoms. The normalized spacial score (nSPS) is 23.2. The zero-order chi connectivity index (χ0) is 13.8. The van der Waals surface area contributed by atoms with E-state index in [-0.39, 0.29) is 12.1 Å². The van der Waals surface area contributed by atoms with E-state index < -0.39 is 8.17 Å². The topological polar surface area (TPSA) is 73.9 Å². The van der Waals surface area contributed by atoms with Crippen molar-refractivity contribution in [3.05, 3.63) is 0 Å². The van der Waals surface area contributed by atoms with Crippen LogP contribution in [0.3, 0.4) is 0 Å². The summed E-state index contributed by atoms with van der Waals surface area (Å²) < 4.78 is 15.6. The third kappa shape index (κ3) is 4.44. The molecule has 1 rings (SSSR count). The molecule has 0 aromatic rings. The second-order valence-electron chi connectivity index (χ2n) is 5.44. The van der Waals surface area contributed by atoms with Gasteiger partial charge in [0.15, 0.2) is 0 Å². The molecule has 1 fully saturated rings. The Morgan fingerprint density at radius 3 is 2.28 bits per heavy atom. The number of nitrogens with two attached hydrogens (primary N) is 1. The first-order valence-corrected chi connectivity index (χ1v) is 8.35. The van der Waals surface area contributed by atoms with E-state index in [9.17, 15) is 4.89 Å². The van der Waals surface area contributed by atoms with Crippen molar-refractivity contribution in [2.75, 3.05) is 14.2 Å². The molecule has 7 heteroatoms. The summed E-state index contributed by atoms with van der Waals surface area (Å²) in [6, 6.07) is -0.116. The van der Waals surface area contributed by atoms with E-state index in [1.165, 1.54) is 33.5 Å². The Bertz CT molecular complexity index is 249. The van der Waals surface area contributed by atoms with E-state index >= 15 is 0 Å². The number of rotatable bonds is 8. The van der Waals surface area contributed by atoms with E-state index in [4.69, 9.17) is 19.3 Å². The van der Waals surface area contributed by atoms with Gasteiger partial charge >= 0.3 is 111 Å². The van der Waals surface area contributed by atoms with Gasteiger partial charge < -0.3 is 0 Å². The van der Waals surface area contributed by atoms with Gasteiger partial charge in [0.2, 0.25) is 0 Å². The zero-order valence-corrected chi connectivity index (χ0v) is 12.9. The molecule has 0 aromatic carbocycles. The van der Waals surface area contributed by atoms with Crippen LogP contribution in [0.4, 0.5) is 0 Å². The third-order valence-corrected chi connectivity index (χ3v) is 5.44. The predicted octanol–water partition coefficient (Wildman–Crippen LogP) is 1.03. The Morgan fingerprint density at radius 1 is 1.39 bits per heavy atom. The average molecular weight is 279 g/mol. The summed E-state index contributed by atoms with van der Waals surface area (Å²) in [5, 5.41) is 0. The molecule has 0 radical (unpaired) electrons.